The number of hydrogen-bond acceptors (Lipinski definition) is 4. The summed E-state index contributed by atoms with van der Waals surface area (Å²) in [5, 5.41) is 1.99. The summed E-state index contributed by atoms with van der Waals surface area (Å²) in [5.41, 5.74) is 8.83. The van der Waals surface area contributed by atoms with E-state index in [1.54, 1.807) is 20.4 Å². The molecule has 0 aliphatic carbocycles. The summed E-state index contributed by atoms with van der Waals surface area (Å²) in [5.74, 6) is 1.54. The standard InChI is InChI=1S/C20H22N2O2/c1-20(2,21)15-7-5-13(6-8-15)18-17(23-3)11-14-12-22-10-9-16(14)19(18)24-4/h5-12H,21H2,1-4H3. The van der Waals surface area contributed by atoms with Crippen LogP contribution >= 0.6 is 0 Å². The first-order valence-corrected chi connectivity index (χ1v) is 7.84. The van der Waals surface area contributed by atoms with Crippen LogP contribution in [0.25, 0.3) is 21.9 Å². The first-order chi connectivity index (χ1) is 11.5. The maximum Gasteiger partial charge on any atom is 0.138 e. The van der Waals surface area contributed by atoms with Crippen molar-refractivity contribution in [1.82, 2.24) is 4.98 Å². The van der Waals surface area contributed by atoms with Crippen LogP contribution in [0.4, 0.5) is 0 Å². The van der Waals surface area contributed by atoms with E-state index in [9.17, 15) is 0 Å². The first kappa shape index (κ1) is 16.3. The van der Waals surface area contributed by atoms with Crippen molar-refractivity contribution < 1.29 is 9.47 Å². The van der Waals surface area contributed by atoms with Crippen LogP contribution in [0.1, 0.15) is 19.4 Å². The number of ether oxygens (including phenoxy) is 2. The average Bonchev–Trinajstić information content (AvgIpc) is 2.59. The number of hydrogen-bond donors (Lipinski definition) is 1. The minimum Gasteiger partial charge on any atom is -0.496 e. The van der Waals surface area contributed by atoms with Gasteiger partial charge >= 0.3 is 0 Å². The van der Waals surface area contributed by atoms with E-state index in [4.69, 9.17) is 15.2 Å². The van der Waals surface area contributed by atoms with E-state index in [2.05, 4.69) is 17.1 Å². The second-order valence-electron chi connectivity index (χ2n) is 6.38. The van der Waals surface area contributed by atoms with Crippen molar-refractivity contribution in [3.8, 4) is 22.6 Å². The van der Waals surface area contributed by atoms with Crippen molar-refractivity contribution in [3.05, 3.63) is 54.4 Å². The van der Waals surface area contributed by atoms with Gasteiger partial charge in [0.05, 0.1) is 19.8 Å². The SMILES string of the molecule is COc1cc2cnccc2c(OC)c1-c1ccc(C(C)(C)N)cc1. The first-order valence-electron chi connectivity index (χ1n) is 7.84. The van der Waals surface area contributed by atoms with E-state index in [1.807, 2.05) is 44.3 Å². The van der Waals surface area contributed by atoms with Crippen LogP contribution in [0.5, 0.6) is 11.5 Å². The van der Waals surface area contributed by atoms with Crippen LogP contribution in [0, 0.1) is 0 Å². The highest BCUT2D eigenvalue weighted by Gasteiger charge is 2.18. The number of fused-ring (bicyclic) bond motifs is 1. The molecule has 3 aromatic rings. The predicted molar refractivity (Wildman–Crippen MR) is 97.5 cm³/mol. The molecule has 0 spiro atoms. The van der Waals surface area contributed by atoms with Gasteiger partial charge in [-0.3, -0.25) is 4.98 Å². The van der Waals surface area contributed by atoms with E-state index in [0.717, 1.165) is 39.0 Å². The van der Waals surface area contributed by atoms with E-state index >= 15 is 0 Å². The molecule has 2 aromatic carbocycles. The maximum atomic E-state index is 6.18. The Balaban J connectivity index is 2.24. The molecule has 0 saturated heterocycles. The normalized spacial score (nSPS) is 11.5. The third-order valence-electron chi connectivity index (χ3n) is 4.20. The molecule has 1 heterocycles. The van der Waals surface area contributed by atoms with Gasteiger partial charge in [-0.05, 0) is 37.1 Å². The Morgan fingerprint density at radius 1 is 1.00 bits per heavy atom. The number of methoxy groups -OCH3 is 2. The zero-order chi connectivity index (χ0) is 17.3. The van der Waals surface area contributed by atoms with Gasteiger partial charge in [0.25, 0.3) is 0 Å². The van der Waals surface area contributed by atoms with Gasteiger partial charge in [0.2, 0.25) is 0 Å². The second-order valence-corrected chi connectivity index (χ2v) is 6.38. The lowest BCUT2D eigenvalue weighted by molar-refractivity contribution is 0.401. The minimum atomic E-state index is -0.373. The molecule has 124 valence electrons. The van der Waals surface area contributed by atoms with Crippen LogP contribution in [0.2, 0.25) is 0 Å². The Labute approximate surface area is 142 Å². The molecule has 0 fully saturated rings. The smallest absolute Gasteiger partial charge is 0.138 e. The lowest BCUT2D eigenvalue weighted by atomic mass is 9.92. The van der Waals surface area contributed by atoms with E-state index in [1.165, 1.54) is 0 Å². The third kappa shape index (κ3) is 2.81. The highest BCUT2D eigenvalue weighted by Crippen LogP contribution is 2.43. The quantitative estimate of drug-likeness (QED) is 0.785. The molecule has 4 nitrogen and oxygen atoms in total. The summed E-state index contributed by atoms with van der Waals surface area (Å²) in [7, 11) is 3.34. The number of benzene rings is 2. The van der Waals surface area contributed by atoms with Gasteiger partial charge in [-0.25, -0.2) is 0 Å². The van der Waals surface area contributed by atoms with Gasteiger partial charge in [0, 0.05) is 28.7 Å². The van der Waals surface area contributed by atoms with Gasteiger partial charge < -0.3 is 15.2 Å². The van der Waals surface area contributed by atoms with Crippen molar-refractivity contribution in [2.75, 3.05) is 14.2 Å². The molecule has 0 bridgehead atoms. The number of nitrogens with two attached hydrogens (primary N) is 1. The van der Waals surface area contributed by atoms with Crippen molar-refractivity contribution in [1.29, 1.82) is 0 Å². The molecule has 2 N–H and O–H groups in total. The summed E-state index contributed by atoms with van der Waals surface area (Å²) in [6, 6.07) is 12.1. The van der Waals surface area contributed by atoms with E-state index < -0.39 is 0 Å². The fraction of sp³-hybridized carbons (Fsp3) is 0.250. The van der Waals surface area contributed by atoms with Crippen molar-refractivity contribution >= 4 is 10.8 Å². The van der Waals surface area contributed by atoms with E-state index in [0.29, 0.717) is 0 Å². The van der Waals surface area contributed by atoms with Gasteiger partial charge in [-0.1, -0.05) is 24.3 Å². The molecule has 0 aliphatic rings. The van der Waals surface area contributed by atoms with Crippen LogP contribution in [-0.2, 0) is 5.54 Å². The summed E-state index contributed by atoms with van der Waals surface area (Å²) in [6.07, 6.45) is 3.57. The average molecular weight is 322 g/mol. The van der Waals surface area contributed by atoms with E-state index in [-0.39, 0.29) is 5.54 Å². The zero-order valence-electron chi connectivity index (χ0n) is 14.5. The highest BCUT2D eigenvalue weighted by molar-refractivity contribution is 5.97. The second kappa shape index (κ2) is 6.13. The van der Waals surface area contributed by atoms with Gasteiger partial charge in [-0.15, -0.1) is 0 Å². The minimum absolute atomic E-state index is 0.373. The van der Waals surface area contributed by atoms with Crippen molar-refractivity contribution in [2.24, 2.45) is 5.73 Å². The molecule has 4 heteroatoms. The molecule has 0 aliphatic heterocycles. The maximum absolute atomic E-state index is 6.18. The Kier molecular flexibility index (Phi) is 4.16. The molecule has 0 atom stereocenters. The largest absolute Gasteiger partial charge is 0.496 e. The van der Waals surface area contributed by atoms with Crippen LogP contribution in [0.3, 0.4) is 0 Å². The number of rotatable bonds is 4. The topological polar surface area (TPSA) is 57.4 Å². The summed E-state index contributed by atoms with van der Waals surface area (Å²) in [6.45, 7) is 3.98. The molecule has 0 saturated carbocycles. The fourth-order valence-electron chi connectivity index (χ4n) is 2.90. The lowest BCUT2D eigenvalue weighted by Crippen LogP contribution is -2.28. The van der Waals surface area contributed by atoms with Crippen molar-refractivity contribution in [3.63, 3.8) is 0 Å². The summed E-state index contributed by atoms with van der Waals surface area (Å²) < 4.78 is 11.3. The molecule has 24 heavy (non-hydrogen) atoms. The summed E-state index contributed by atoms with van der Waals surface area (Å²) in [4.78, 5) is 4.18. The van der Waals surface area contributed by atoms with Crippen molar-refractivity contribution in [2.45, 2.75) is 19.4 Å². The molecule has 0 amide bonds. The Morgan fingerprint density at radius 2 is 1.71 bits per heavy atom. The molecule has 1 aromatic heterocycles. The Morgan fingerprint density at radius 3 is 2.29 bits per heavy atom. The molecule has 0 unspecified atom stereocenters. The Hall–Kier alpha value is -2.59. The molecule has 0 radical (unpaired) electrons. The molecular formula is C20H22N2O2. The summed E-state index contributed by atoms with van der Waals surface area (Å²) >= 11 is 0. The van der Waals surface area contributed by atoms with Gasteiger partial charge in [-0.2, -0.15) is 0 Å². The fourth-order valence-corrected chi connectivity index (χ4v) is 2.90. The molecule has 3 rings (SSSR count). The number of pyridine rings is 1. The lowest BCUT2D eigenvalue weighted by Gasteiger charge is -2.20. The third-order valence-corrected chi connectivity index (χ3v) is 4.20. The van der Waals surface area contributed by atoms with Crippen LogP contribution in [0.15, 0.2) is 48.8 Å². The Bertz CT molecular complexity index is 865. The highest BCUT2D eigenvalue weighted by atomic mass is 16.5. The van der Waals surface area contributed by atoms with Crippen LogP contribution < -0.4 is 15.2 Å². The number of nitrogens with zero attached hydrogens (tertiary/aromatic N) is 1. The predicted octanol–water partition coefficient (Wildman–Crippen LogP) is 4.11. The van der Waals surface area contributed by atoms with Gasteiger partial charge in [0.1, 0.15) is 11.5 Å². The molecular weight excluding hydrogens is 300 g/mol. The van der Waals surface area contributed by atoms with Crippen LogP contribution in [-0.4, -0.2) is 19.2 Å². The monoisotopic (exact) mass is 322 g/mol. The number of aromatic nitrogens is 1. The van der Waals surface area contributed by atoms with Gasteiger partial charge in [0.15, 0.2) is 0 Å². The zero-order valence-corrected chi connectivity index (χ0v) is 14.5.